The van der Waals surface area contributed by atoms with Crippen LogP contribution < -0.4 is 5.32 Å². The second kappa shape index (κ2) is 9.35. The van der Waals surface area contributed by atoms with Crippen LogP contribution in [0, 0.1) is 11.8 Å². The molecule has 2 saturated heterocycles. The molecule has 1 N–H and O–H groups in total. The summed E-state index contributed by atoms with van der Waals surface area (Å²) in [6, 6.07) is 10.3. The molecule has 0 radical (unpaired) electrons. The van der Waals surface area contributed by atoms with Crippen LogP contribution in [-0.4, -0.2) is 43.2 Å². The molecule has 2 heterocycles. The van der Waals surface area contributed by atoms with Crippen LogP contribution in [-0.2, 0) is 16.1 Å². The van der Waals surface area contributed by atoms with Gasteiger partial charge in [-0.3, -0.25) is 4.79 Å². The van der Waals surface area contributed by atoms with Crippen molar-refractivity contribution in [3.05, 3.63) is 35.9 Å². The Morgan fingerprint density at radius 2 is 2.12 bits per heavy atom. The van der Waals surface area contributed by atoms with Crippen molar-refractivity contribution >= 4 is 5.91 Å². The summed E-state index contributed by atoms with van der Waals surface area (Å²) in [6.07, 6.45) is 5.51. The zero-order valence-corrected chi connectivity index (χ0v) is 15.5. The van der Waals surface area contributed by atoms with Crippen LogP contribution >= 0.6 is 0 Å². The van der Waals surface area contributed by atoms with Gasteiger partial charge in [-0.1, -0.05) is 37.3 Å². The lowest BCUT2D eigenvalue weighted by atomic mass is 9.85. The number of nitrogens with one attached hydrogen (secondary N) is 1. The van der Waals surface area contributed by atoms with E-state index < -0.39 is 0 Å². The molecule has 1 amide bonds. The molecule has 0 aromatic heterocycles. The highest BCUT2D eigenvalue weighted by Crippen LogP contribution is 2.24. The number of amides is 1. The van der Waals surface area contributed by atoms with E-state index in [2.05, 4.69) is 24.4 Å². The SMILES string of the molecule is CC(CC(=O)N(Cc1ccccc1)CC1CCCO1)C1CCCNC1. The maximum absolute atomic E-state index is 13.0. The number of piperidine rings is 1. The van der Waals surface area contributed by atoms with Gasteiger partial charge in [0.05, 0.1) is 6.10 Å². The van der Waals surface area contributed by atoms with Crippen LogP contribution in [0.25, 0.3) is 0 Å². The number of hydrogen-bond donors (Lipinski definition) is 1. The largest absolute Gasteiger partial charge is 0.376 e. The smallest absolute Gasteiger partial charge is 0.223 e. The molecule has 25 heavy (non-hydrogen) atoms. The van der Waals surface area contributed by atoms with Gasteiger partial charge in [0.1, 0.15) is 0 Å². The second-order valence-electron chi connectivity index (χ2n) is 7.68. The average molecular weight is 344 g/mol. The van der Waals surface area contributed by atoms with Gasteiger partial charge >= 0.3 is 0 Å². The highest BCUT2D eigenvalue weighted by molar-refractivity contribution is 5.76. The van der Waals surface area contributed by atoms with Crippen LogP contribution in [0.5, 0.6) is 0 Å². The Morgan fingerprint density at radius 1 is 1.28 bits per heavy atom. The molecule has 0 saturated carbocycles. The minimum absolute atomic E-state index is 0.208. The molecule has 0 bridgehead atoms. The molecule has 3 unspecified atom stereocenters. The summed E-state index contributed by atoms with van der Waals surface area (Å²) in [5.41, 5.74) is 1.20. The monoisotopic (exact) mass is 344 g/mol. The molecule has 4 nitrogen and oxygen atoms in total. The number of rotatable bonds is 7. The van der Waals surface area contributed by atoms with Gasteiger partial charge in [-0.25, -0.2) is 0 Å². The third-order valence-corrected chi connectivity index (χ3v) is 5.65. The summed E-state index contributed by atoms with van der Waals surface area (Å²) in [5, 5.41) is 3.47. The molecule has 2 aliphatic heterocycles. The van der Waals surface area contributed by atoms with Gasteiger partial charge in [0, 0.05) is 26.1 Å². The first-order valence-electron chi connectivity index (χ1n) is 9.86. The van der Waals surface area contributed by atoms with Gasteiger partial charge in [0.2, 0.25) is 5.91 Å². The minimum atomic E-state index is 0.208. The van der Waals surface area contributed by atoms with Crippen molar-refractivity contribution < 1.29 is 9.53 Å². The summed E-state index contributed by atoms with van der Waals surface area (Å²) in [4.78, 5) is 15.1. The Kier molecular flexibility index (Phi) is 6.88. The van der Waals surface area contributed by atoms with E-state index in [1.165, 1.54) is 18.4 Å². The van der Waals surface area contributed by atoms with Crippen LogP contribution in [0.4, 0.5) is 0 Å². The lowest BCUT2D eigenvalue weighted by Gasteiger charge is -2.31. The maximum Gasteiger partial charge on any atom is 0.223 e. The molecule has 2 fully saturated rings. The first kappa shape index (κ1) is 18.4. The van der Waals surface area contributed by atoms with Gasteiger partial charge in [0.25, 0.3) is 0 Å². The summed E-state index contributed by atoms with van der Waals surface area (Å²) >= 11 is 0. The van der Waals surface area contributed by atoms with Crippen LogP contribution in [0.15, 0.2) is 30.3 Å². The second-order valence-corrected chi connectivity index (χ2v) is 7.68. The summed E-state index contributed by atoms with van der Waals surface area (Å²) in [7, 11) is 0. The van der Waals surface area contributed by atoms with Crippen LogP contribution in [0.2, 0.25) is 0 Å². The van der Waals surface area contributed by atoms with Crippen molar-refractivity contribution in [1.82, 2.24) is 10.2 Å². The quantitative estimate of drug-likeness (QED) is 0.826. The summed E-state index contributed by atoms with van der Waals surface area (Å²) in [5.74, 6) is 1.33. The lowest BCUT2D eigenvalue weighted by molar-refractivity contribution is -0.134. The average Bonchev–Trinajstić information content (AvgIpc) is 3.16. The van der Waals surface area contributed by atoms with E-state index in [4.69, 9.17) is 4.74 Å². The fourth-order valence-corrected chi connectivity index (χ4v) is 4.03. The van der Waals surface area contributed by atoms with E-state index in [1.54, 1.807) is 0 Å². The Hall–Kier alpha value is -1.39. The summed E-state index contributed by atoms with van der Waals surface area (Å²) in [6.45, 7) is 6.66. The Morgan fingerprint density at radius 3 is 2.80 bits per heavy atom. The molecule has 0 spiro atoms. The molecule has 3 atom stereocenters. The summed E-state index contributed by atoms with van der Waals surface area (Å²) < 4.78 is 5.79. The van der Waals surface area contributed by atoms with Crippen molar-refractivity contribution in [1.29, 1.82) is 0 Å². The van der Waals surface area contributed by atoms with Gasteiger partial charge in [-0.15, -0.1) is 0 Å². The first-order chi connectivity index (χ1) is 12.2. The van der Waals surface area contributed by atoms with Crippen LogP contribution in [0.3, 0.4) is 0 Å². The van der Waals surface area contributed by atoms with E-state index in [0.29, 0.717) is 24.8 Å². The fraction of sp³-hybridized carbons (Fsp3) is 0.667. The zero-order valence-electron chi connectivity index (χ0n) is 15.5. The molecular weight excluding hydrogens is 312 g/mol. The zero-order chi connectivity index (χ0) is 17.5. The van der Waals surface area contributed by atoms with Crippen molar-refractivity contribution in [3.63, 3.8) is 0 Å². The Labute approximate surface area is 151 Å². The van der Waals surface area contributed by atoms with E-state index in [0.717, 1.165) is 39.1 Å². The fourth-order valence-electron chi connectivity index (χ4n) is 4.03. The third-order valence-electron chi connectivity index (χ3n) is 5.65. The number of hydrogen-bond acceptors (Lipinski definition) is 3. The number of carbonyl (C=O) groups excluding carboxylic acids is 1. The number of carbonyl (C=O) groups is 1. The number of ether oxygens (including phenoxy) is 1. The standard InChI is InChI=1S/C21H32N2O2/c1-17(19-9-5-11-22-14-19)13-21(24)23(16-20-10-6-12-25-20)15-18-7-3-2-4-8-18/h2-4,7-8,17,19-20,22H,5-6,9-16H2,1H3. The van der Waals surface area contributed by atoms with Gasteiger partial charge in [0.15, 0.2) is 0 Å². The highest BCUT2D eigenvalue weighted by Gasteiger charge is 2.27. The maximum atomic E-state index is 13.0. The molecule has 1 aromatic carbocycles. The van der Waals surface area contributed by atoms with Crippen molar-refractivity contribution in [2.24, 2.45) is 11.8 Å². The molecule has 1 aromatic rings. The van der Waals surface area contributed by atoms with Gasteiger partial charge in [-0.2, -0.15) is 0 Å². The first-order valence-corrected chi connectivity index (χ1v) is 9.86. The minimum Gasteiger partial charge on any atom is -0.376 e. The highest BCUT2D eigenvalue weighted by atomic mass is 16.5. The molecule has 2 aliphatic rings. The lowest BCUT2D eigenvalue weighted by Crippen LogP contribution is -2.39. The predicted octanol–water partition coefficient (Wildman–Crippen LogP) is 3.22. The van der Waals surface area contributed by atoms with Gasteiger partial charge < -0.3 is 15.0 Å². The van der Waals surface area contributed by atoms with Crippen molar-refractivity contribution in [2.75, 3.05) is 26.2 Å². The van der Waals surface area contributed by atoms with Crippen molar-refractivity contribution in [3.8, 4) is 0 Å². The predicted molar refractivity (Wildman–Crippen MR) is 100 cm³/mol. The van der Waals surface area contributed by atoms with Crippen LogP contribution in [0.1, 0.15) is 44.6 Å². The molecule has 4 heteroatoms. The van der Waals surface area contributed by atoms with Gasteiger partial charge in [-0.05, 0) is 56.2 Å². The Bertz CT molecular complexity index is 522. The number of nitrogens with zero attached hydrogens (tertiary/aromatic N) is 1. The number of benzene rings is 1. The normalized spacial score (nSPS) is 24.8. The Balaban J connectivity index is 1.60. The molecular formula is C21H32N2O2. The topological polar surface area (TPSA) is 41.6 Å². The molecule has 138 valence electrons. The van der Waals surface area contributed by atoms with E-state index >= 15 is 0 Å². The third kappa shape index (κ3) is 5.55. The molecule has 0 aliphatic carbocycles. The molecule has 3 rings (SSSR count). The van der Waals surface area contributed by atoms with E-state index in [1.807, 2.05) is 23.1 Å². The van der Waals surface area contributed by atoms with E-state index in [-0.39, 0.29) is 12.0 Å². The van der Waals surface area contributed by atoms with E-state index in [9.17, 15) is 4.79 Å². The van der Waals surface area contributed by atoms with Crippen molar-refractivity contribution in [2.45, 2.75) is 51.7 Å².